The van der Waals surface area contributed by atoms with Crippen molar-refractivity contribution in [2.45, 2.75) is 12.5 Å². The highest BCUT2D eigenvalue weighted by molar-refractivity contribution is 5.93. The van der Waals surface area contributed by atoms with Crippen LogP contribution in [0.25, 0.3) is 10.8 Å². The number of carbonyl (C=O) groups is 1. The highest BCUT2D eigenvalue weighted by Gasteiger charge is 2.05. The minimum atomic E-state index is -0.559. The predicted molar refractivity (Wildman–Crippen MR) is 83.5 cm³/mol. The minimum Gasteiger partial charge on any atom is -0.391 e. The first-order valence-electron chi connectivity index (χ1n) is 6.89. The molecule has 2 amide bonds. The summed E-state index contributed by atoms with van der Waals surface area (Å²) >= 11 is 0. The van der Waals surface area contributed by atoms with Gasteiger partial charge in [0.05, 0.1) is 12.7 Å². The maximum absolute atomic E-state index is 11.8. The normalized spacial score (nSPS) is 12.1. The third-order valence-electron chi connectivity index (χ3n) is 3.13. The van der Waals surface area contributed by atoms with E-state index < -0.39 is 6.10 Å². The van der Waals surface area contributed by atoms with Gasteiger partial charge in [0.15, 0.2) is 0 Å². The number of rotatable bonds is 6. The molecule has 0 aliphatic rings. The number of hydrogen-bond donors (Lipinski definition) is 3. The number of fused-ring (bicyclic) bond motifs is 1. The van der Waals surface area contributed by atoms with Gasteiger partial charge >= 0.3 is 6.03 Å². The van der Waals surface area contributed by atoms with Crippen molar-refractivity contribution in [2.24, 2.45) is 0 Å². The Bertz CT molecular complexity index is 601. The zero-order valence-electron chi connectivity index (χ0n) is 12.0. The Kier molecular flexibility index (Phi) is 5.54. The third kappa shape index (κ3) is 4.73. The van der Waals surface area contributed by atoms with E-state index in [0.29, 0.717) is 13.0 Å². The summed E-state index contributed by atoms with van der Waals surface area (Å²) in [7, 11) is 1.53. The lowest BCUT2D eigenvalue weighted by Crippen LogP contribution is -2.32. The van der Waals surface area contributed by atoms with Crippen LogP contribution >= 0.6 is 0 Å². The van der Waals surface area contributed by atoms with Crippen LogP contribution in [-0.2, 0) is 4.74 Å². The fraction of sp³-hybridized carbons (Fsp3) is 0.312. The van der Waals surface area contributed by atoms with Crippen molar-refractivity contribution in [1.29, 1.82) is 0 Å². The lowest BCUT2D eigenvalue weighted by Gasteiger charge is -2.11. The minimum absolute atomic E-state index is 0.272. The molecule has 0 fully saturated rings. The summed E-state index contributed by atoms with van der Waals surface area (Å²) in [5.41, 5.74) is 0.739. The second kappa shape index (κ2) is 7.61. The van der Waals surface area contributed by atoms with Gasteiger partial charge in [-0.2, -0.15) is 0 Å². The molecular formula is C16H20N2O3. The molecule has 0 spiro atoms. The number of aliphatic hydroxyl groups is 1. The molecule has 5 heteroatoms. The number of nitrogens with one attached hydrogen (secondary N) is 2. The monoisotopic (exact) mass is 288 g/mol. The molecule has 0 saturated heterocycles. The summed E-state index contributed by atoms with van der Waals surface area (Å²) in [6, 6.07) is 13.4. The van der Waals surface area contributed by atoms with E-state index in [-0.39, 0.29) is 12.6 Å². The second-order valence-corrected chi connectivity index (χ2v) is 4.84. The first-order chi connectivity index (χ1) is 10.2. The maximum atomic E-state index is 11.8. The number of urea groups is 1. The van der Waals surface area contributed by atoms with E-state index in [2.05, 4.69) is 10.6 Å². The molecule has 0 radical (unpaired) electrons. The number of amides is 2. The van der Waals surface area contributed by atoms with E-state index in [1.807, 2.05) is 42.5 Å². The number of methoxy groups -OCH3 is 1. The van der Waals surface area contributed by atoms with Gasteiger partial charge in [0.25, 0.3) is 0 Å². The average molecular weight is 288 g/mol. The Labute approximate surface area is 123 Å². The molecule has 2 aromatic carbocycles. The highest BCUT2D eigenvalue weighted by atomic mass is 16.5. The first kappa shape index (κ1) is 15.3. The Morgan fingerprint density at radius 2 is 2.00 bits per heavy atom. The van der Waals surface area contributed by atoms with Crippen LogP contribution in [-0.4, -0.2) is 37.5 Å². The summed E-state index contributed by atoms with van der Waals surface area (Å²) < 4.78 is 4.82. The molecule has 112 valence electrons. The van der Waals surface area contributed by atoms with Gasteiger partial charge in [-0.1, -0.05) is 30.3 Å². The molecule has 0 saturated carbocycles. The van der Waals surface area contributed by atoms with Gasteiger partial charge in [0.2, 0.25) is 0 Å². The number of carbonyl (C=O) groups excluding carboxylic acids is 1. The lowest BCUT2D eigenvalue weighted by atomic mass is 10.1. The fourth-order valence-electron chi connectivity index (χ4n) is 2.07. The van der Waals surface area contributed by atoms with Crippen molar-refractivity contribution in [2.75, 3.05) is 25.6 Å². The molecule has 2 aromatic rings. The molecule has 1 atom stereocenters. The third-order valence-corrected chi connectivity index (χ3v) is 3.13. The van der Waals surface area contributed by atoms with Crippen LogP contribution in [0.3, 0.4) is 0 Å². The van der Waals surface area contributed by atoms with Crippen molar-refractivity contribution >= 4 is 22.5 Å². The fourth-order valence-corrected chi connectivity index (χ4v) is 2.07. The van der Waals surface area contributed by atoms with Crippen molar-refractivity contribution in [3.8, 4) is 0 Å². The summed E-state index contributed by atoms with van der Waals surface area (Å²) in [6.45, 7) is 0.665. The molecule has 2 rings (SSSR count). The van der Waals surface area contributed by atoms with E-state index in [4.69, 9.17) is 4.74 Å². The zero-order valence-corrected chi connectivity index (χ0v) is 12.0. The molecule has 0 bridgehead atoms. The van der Waals surface area contributed by atoms with Crippen molar-refractivity contribution in [3.63, 3.8) is 0 Å². The molecular weight excluding hydrogens is 268 g/mol. The van der Waals surface area contributed by atoms with Crippen LogP contribution in [0.5, 0.6) is 0 Å². The van der Waals surface area contributed by atoms with E-state index in [1.54, 1.807) is 0 Å². The first-order valence-corrected chi connectivity index (χ1v) is 6.89. The van der Waals surface area contributed by atoms with Crippen molar-refractivity contribution < 1.29 is 14.6 Å². The molecule has 0 heterocycles. The molecule has 5 nitrogen and oxygen atoms in total. The largest absolute Gasteiger partial charge is 0.391 e. The van der Waals surface area contributed by atoms with E-state index >= 15 is 0 Å². The van der Waals surface area contributed by atoms with E-state index in [0.717, 1.165) is 16.5 Å². The van der Waals surface area contributed by atoms with Crippen LogP contribution in [0.2, 0.25) is 0 Å². The van der Waals surface area contributed by atoms with Crippen LogP contribution in [0.1, 0.15) is 6.42 Å². The summed E-state index contributed by atoms with van der Waals surface area (Å²) in [4.78, 5) is 11.8. The van der Waals surface area contributed by atoms with Crippen LogP contribution in [0.4, 0.5) is 10.5 Å². The molecule has 1 unspecified atom stereocenters. The Balaban J connectivity index is 1.83. The molecule has 3 N–H and O–H groups in total. The standard InChI is InChI=1S/C16H20N2O3/c1-21-11-15(19)8-9-17-16(20)18-14-7-6-12-4-2-3-5-13(12)10-14/h2-7,10,15,19H,8-9,11H2,1H3,(H2,17,18,20). The summed E-state index contributed by atoms with van der Waals surface area (Å²) in [5.74, 6) is 0. The summed E-state index contributed by atoms with van der Waals surface area (Å²) in [6.07, 6.45) is -0.102. The summed E-state index contributed by atoms with van der Waals surface area (Å²) in [5, 5.41) is 17.2. The van der Waals surface area contributed by atoms with Gasteiger partial charge in [-0.05, 0) is 29.3 Å². The van der Waals surface area contributed by atoms with Crippen LogP contribution in [0.15, 0.2) is 42.5 Å². The second-order valence-electron chi connectivity index (χ2n) is 4.84. The number of anilines is 1. The quantitative estimate of drug-likeness (QED) is 0.764. The lowest BCUT2D eigenvalue weighted by molar-refractivity contribution is 0.0599. The van der Waals surface area contributed by atoms with E-state index in [9.17, 15) is 9.90 Å². The molecule has 0 aromatic heterocycles. The average Bonchev–Trinajstić information content (AvgIpc) is 2.47. The van der Waals surface area contributed by atoms with Gasteiger partial charge in [-0.25, -0.2) is 4.79 Å². The number of aliphatic hydroxyl groups excluding tert-OH is 1. The van der Waals surface area contributed by atoms with Gasteiger partial charge in [-0.3, -0.25) is 0 Å². The highest BCUT2D eigenvalue weighted by Crippen LogP contribution is 2.18. The Morgan fingerprint density at radius 1 is 1.24 bits per heavy atom. The molecule has 21 heavy (non-hydrogen) atoms. The van der Waals surface area contributed by atoms with Gasteiger partial charge < -0.3 is 20.5 Å². The number of ether oxygens (including phenoxy) is 1. The van der Waals surface area contributed by atoms with Gasteiger partial charge in [0, 0.05) is 19.3 Å². The molecule has 0 aliphatic carbocycles. The Morgan fingerprint density at radius 3 is 2.76 bits per heavy atom. The Hall–Kier alpha value is -2.11. The van der Waals surface area contributed by atoms with Gasteiger partial charge in [0.1, 0.15) is 0 Å². The smallest absolute Gasteiger partial charge is 0.319 e. The van der Waals surface area contributed by atoms with E-state index in [1.165, 1.54) is 7.11 Å². The van der Waals surface area contributed by atoms with Crippen LogP contribution in [0, 0.1) is 0 Å². The van der Waals surface area contributed by atoms with Crippen molar-refractivity contribution in [3.05, 3.63) is 42.5 Å². The van der Waals surface area contributed by atoms with Crippen molar-refractivity contribution in [1.82, 2.24) is 5.32 Å². The molecule has 0 aliphatic heterocycles. The van der Waals surface area contributed by atoms with Gasteiger partial charge in [-0.15, -0.1) is 0 Å². The number of benzene rings is 2. The zero-order chi connectivity index (χ0) is 15.1. The predicted octanol–water partition coefficient (Wildman–Crippen LogP) is 2.36. The topological polar surface area (TPSA) is 70.6 Å². The SMILES string of the molecule is COCC(O)CCNC(=O)Nc1ccc2ccccc2c1. The van der Waals surface area contributed by atoms with Crippen LogP contribution < -0.4 is 10.6 Å². The maximum Gasteiger partial charge on any atom is 0.319 e. The number of hydrogen-bond acceptors (Lipinski definition) is 3.